The molecule has 2 fully saturated rings. The zero-order valence-electron chi connectivity index (χ0n) is 13.0. The summed E-state index contributed by atoms with van der Waals surface area (Å²) in [5, 5.41) is 14.9. The molecule has 0 spiro atoms. The molecule has 3 amide bonds. The van der Waals surface area contributed by atoms with Gasteiger partial charge in [-0.15, -0.1) is 0 Å². The summed E-state index contributed by atoms with van der Waals surface area (Å²) in [6.45, 7) is 6.60. The Morgan fingerprint density at radius 1 is 1.29 bits per heavy atom. The van der Waals surface area contributed by atoms with E-state index in [-0.39, 0.29) is 18.6 Å². The summed E-state index contributed by atoms with van der Waals surface area (Å²) in [5.74, 6) is 1.06. The second-order valence-corrected chi connectivity index (χ2v) is 6.75. The molecule has 21 heavy (non-hydrogen) atoms. The normalized spacial score (nSPS) is 28.7. The molecule has 0 radical (unpaired) electrons. The molecule has 1 heterocycles. The van der Waals surface area contributed by atoms with Crippen LogP contribution in [0.2, 0.25) is 0 Å². The molecule has 3 atom stereocenters. The number of aliphatic hydroxyl groups is 1. The third kappa shape index (κ3) is 4.68. The van der Waals surface area contributed by atoms with E-state index in [1.807, 2.05) is 4.90 Å². The lowest BCUT2D eigenvalue weighted by Crippen LogP contribution is -2.44. The Kier molecular flexibility index (Phi) is 5.58. The molecule has 2 rings (SSSR count). The average molecular weight is 297 g/mol. The summed E-state index contributed by atoms with van der Waals surface area (Å²) in [5.41, 5.74) is 0. The number of amides is 3. The largest absolute Gasteiger partial charge is 0.393 e. The Morgan fingerprint density at radius 2 is 2.05 bits per heavy atom. The first-order chi connectivity index (χ1) is 9.95. The Bertz CT molecular complexity index is 386. The lowest BCUT2D eigenvalue weighted by atomic mass is 10.00. The van der Waals surface area contributed by atoms with E-state index in [1.54, 1.807) is 0 Å². The summed E-state index contributed by atoms with van der Waals surface area (Å²) in [6.07, 6.45) is 2.60. The predicted octanol–water partition coefficient (Wildman–Crippen LogP) is 0.561. The van der Waals surface area contributed by atoms with Gasteiger partial charge in [-0.2, -0.15) is 0 Å². The highest BCUT2D eigenvalue weighted by molar-refractivity contribution is 5.95. The van der Waals surface area contributed by atoms with Crippen LogP contribution in [0.25, 0.3) is 0 Å². The van der Waals surface area contributed by atoms with Crippen LogP contribution in [0, 0.1) is 17.8 Å². The molecule has 0 aromatic carbocycles. The van der Waals surface area contributed by atoms with Crippen molar-refractivity contribution in [1.82, 2.24) is 15.5 Å². The van der Waals surface area contributed by atoms with Gasteiger partial charge in [-0.1, -0.05) is 13.8 Å². The van der Waals surface area contributed by atoms with Crippen LogP contribution in [-0.4, -0.2) is 54.2 Å². The SMILES string of the molecule is CC(C)CCNC(=O)NC(=O)CN1CC2CCC(O)C2C1. The molecule has 1 aliphatic heterocycles. The maximum Gasteiger partial charge on any atom is 0.321 e. The molecule has 120 valence electrons. The third-order valence-electron chi connectivity index (χ3n) is 4.52. The Hall–Kier alpha value is -1.14. The van der Waals surface area contributed by atoms with Gasteiger partial charge in [0.2, 0.25) is 5.91 Å². The second kappa shape index (κ2) is 7.22. The van der Waals surface area contributed by atoms with E-state index in [2.05, 4.69) is 24.5 Å². The summed E-state index contributed by atoms with van der Waals surface area (Å²) >= 11 is 0. The number of imide groups is 1. The summed E-state index contributed by atoms with van der Waals surface area (Å²) in [4.78, 5) is 25.4. The average Bonchev–Trinajstić information content (AvgIpc) is 2.91. The van der Waals surface area contributed by atoms with Crippen LogP contribution in [0.5, 0.6) is 0 Å². The van der Waals surface area contributed by atoms with Crippen LogP contribution >= 0.6 is 0 Å². The van der Waals surface area contributed by atoms with Gasteiger partial charge >= 0.3 is 6.03 Å². The fourth-order valence-electron chi connectivity index (χ4n) is 3.35. The van der Waals surface area contributed by atoms with Gasteiger partial charge in [0.1, 0.15) is 0 Å². The smallest absolute Gasteiger partial charge is 0.321 e. The van der Waals surface area contributed by atoms with Crippen molar-refractivity contribution in [3.05, 3.63) is 0 Å². The molecule has 1 aliphatic carbocycles. The van der Waals surface area contributed by atoms with E-state index in [0.717, 1.165) is 32.4 Å². The van der Waals surface area contributed by atoms with Gasteiger partial charge < -0.3 is 10.4 Å². The maximum absolute atomic E-state index is 11.8. The van der Waals surface area contributed by atoms with Crippen molar-refractivity contribution < 1.29 is 14.7 Å². The Labute approximate surface area is 126 Å². The van der Waals surface area contributed by atoms with E-state index in [9.17, 15) is 14.7 Å². The maximum atomic E-state index is 11.8. The first-order valence-electron chi connectivity index (χ1n) is 7.93. The molecule has 2 aliphatic rings. The monoisotopic (exact) mass is 297 g/mol. The van der Waals surface area contributed by atoms with Gasteiger partial charge in [0.15, 0.2) is 0 Å². The van der Waals surface area contributed by atoms with Crippen molar-refractivity contribution >= 4 is 11.9 Å². The van der Waals surface area contributed by atoms with Gasteiger partial charge in [0.25, 0.3) is 0 Å². The molecule has 1 saturated carbocycles. The molecule has 6 nitrogen and oxygen atoms in total. The minimum absolute atomic E-state index is 0.220. The van der Waals surface area contributed by atoms with E-state index >= 15 is 0 Å². The zero-order chi connectivity index (χ0) is 15.4. The lowest BCUT2D eigenvalue weighted by molar-refractivity contribution is -0.121. The van der Waals surface area contributed by atoms with Crippen molar-refractivity contribution in [2.45, 2.75) is 39.2 Å². The van der Waals surface area contributed by atoms with Crippen LogP contribution in [0.4, 0.5) is 4.79 Å². The van der Waals surface area contributed by atoms with Gasteiger partial charge in [0.05, 0.1) is 12.6 Å². The number of carbonyl (C=O) groups is 2. The quantitative estimate of drug-likeness (QED) is 0.692. The Morgan fingerprint density at radius 3 is 2.71 bits per heavy atom. The number of fused-ring (bicyclic) bond motifs is 1. The fourth-order valence-corrected chi connectivity index (χ4v) is 3.35. The molecule has 0 aromatic rings. The number of hydrogen-bond donors (Lipinski definition) is 3. The van der Waals surface area contributed by atoms with Crippen molar-refractivity contribution in [1.29, 1.82) is 0 Å². The topological polar surface area (TPSA) is 81.7 Å². The molecule has 6 heteroatoms. The lowest BCUT2D eigenvalue weighted by Gasteiger charge is -2.17. The molecule has 0 bridgehead atoms. The van der Waals surface area contributed by atoms with Crippen LogP contribution < -0.4 is 10.6 Å². The number of nitrogens with one attached hydrogen (secondary N) is 2. The molecule has 0 aromatic heterocycles. The van der Waals surface area contributed by atoms with E-state index in [1.165, 1.54) is 0 Å². The van der Waals surface area contributed by atoms with Gasteiger partial charge in [0, 0.05) is 25.6 Å². The van der Waals surface area contributed by atoms with Crippen molar-refractivity contribution in [3.63, 3.8) is 0 Å². The Balaban J connectivity index is 1.65. The van der Waals surface area contributed by atoms with Gasteiger partial charge in [-0.3, -0.25) is 15.0 Å². The second-order valence-electron chi connectivity index (χ2n) is 6.75. The van der Waals surface area contributed by atoms with Crippen LogP contribution in [0.1, 0.15) is 33.1 Å². The summed E-state index contributed by atoms with van der Waals surface area (Å²) < 4.78 is 0. The highest BCUT2D eigenvalue weighted by Crippen LogP contribution is 2.37. The van der Waals surface area contributed by atoms with E-state index in [4.69, 9.17) is 0 Å². The number of likely N-dealkylation sites (tertiary alicyclic amines) is 1. The first-order valence-corrected chi connectivity index (χ1v) is 7.93. The number of nitrogens with zero attached hydrogens (tertiary/aromatic N) is 1. The van der Waals surface area contributed by atoms with Crippen molar-refractivity contribution in [3.8, 4) is 0 Å². The van der Waals surface area contributed by atoms with E-state index < -0.39 is 6.03 Å². The summed E-state index contributed by atoms with van der Waals surface area (Å²) in [6, 6.07) is -0.417. The van der Waals surface area contributed by atoms with Crippen molar-refractivity contribution in [2.75, 3.05) is 26.2 Å². The highest BCUT2D eigenvalue weighted by Gasteiger charge is 2.42. The van der Waals surface area contributed by atoms with E-state index in [0.29, 0.717) is 24.3 Å². The number of aliphatic hydroxyl groups excluding tert-OH is 1. The van der Waals surface area contributed by atoms with Crippen LogP contribution in [0.3, 0.4) is 0 Å². The summed E-state index contributed by atoms with van der Waals surface area (Å²) in [7, 11) is 0. The number of carbonyl (C=O) groups excluding carboxylic acids is 2. The van der Waals surface area contributed by atoms with Gasteiger partial charge in [-0.25, -0.2) is 4.79 Å². The standard InChI is InChI=1S/C15H27N3O3/c1-10(2)5-6-16-15(21)17-14(20)9-18-7-11-3-4-13(19)12(11)8-18/h10-13,19H,3-9H2,1-2H3,(H2,16,17,20,21). The zero-order valence-corrected chi connectivity index (χ0v) is 13.0. The van der Waals surface area contributed by atoms with Crippen molar-refractivity contribution in [2.24, 2.45) is 17.8 Å². The minimum atomic E-state index is -0.417. The number of rotatable bonds is 5. The van der Waals surface area contributed by atoms with Crippen LogP contribution in [0.15, 0.2) is 0 Å². The van der Waals surface area contributed by atoms with Crippen LogP contribution in [-0.2, 0) is 4.79 Å². The predicted molar refractivity (Wildman–Crippen MR) is 79.7 cm³/mol. The molecule has 3 N–H and O–H groups in total. The number of urea groups is 1. The molecule has 3 unspecified atom stereocenters. The fraction of sp³-hybridized carbons (Fsp3) is 0.867. The first kappa shape index (κ1) is 16.2. The van der Waals surface area contributed by atoms with Gasteiger partial charge in [-0.05, 0) is 31.1 Å². The molecule has 1 saturated heterocycles. The number of hydrogen-bond acceptors (Lipinski definition) is 4. The molecular formula is C15H27N3O3. The third-order valence-corrected chi connectivity index (χ3v) is 4.52. The minimum Gasteiger partial charge on any atom is -0.393 e. The molecular weight excluding hydrogens is 270 g/mol. The highest BCUT2D eigenvalue weighted by atomic mass is 16.3.